The number of benzene rings is 2. The molecule has 0 aromatic heterocycles. The van der Waals surface area contributed by atoms with E-state index in [9.17, 15) is 0 Å². The molecule has 1 fully saturated rings. The van der Waals surface area contributed by atoms with Crippen LogP contribution in [0.3, 0.4) is 0 Å². The van der Waals surface area contributed by atoms with Gasteiger partial charge in [-0.05, 0) is 98.7 Å². The number of rotatable bonds is 11. The third-order valence-electron chi connectivity index (χ3n) is 7.13. The molecule has 0 aliphatic carbocycles. The van der Waals surface area contributed by atoms with Crippen molar-refractivity contribution in [2.24, 2.45) is 11.8 Å². The molecular formula is C31H42N2. The van der Waals surface area contributed by atoms with Gasteiger partial charge in [-0.3, -0.25) is 0 Å². The van der Waals surface area contributed by atoms with Crippen molar-refractivity contribution in [3.05, 3.63) is 101 Å². The Kier molecular flexibility index (Phi) is 9.57. The summed E-state index contributed by atoms with van der Waals surface area (Å²) in [4.78, 5) is 0. The van der Waals surface area contributed by atoms with E-state index < -0.39 is 0 Å². The smallest absolute Gasteiger partial charge is 0.0157 e. The van der Waals surface area contributed by atoms with Gasteiger partial charge in [0.05, 0.1) is 0 Å². The first-order valence-electron chi connectivity index (χ1n) is 12.6. The quantitative estimate of drug-likeness (QED) is 0.368. The highest BCUT2D eigenvalue weighted by Crippen LogP contribution is 2.29. The molecule has 0 radical (unpaired) electrons. The van der Waals surface area contributed by atoms with Crippen LogP contribution in [-0.2, 0) is 12.8 Å². The maximum atomic E-state index is 4.44. The van der Waals surface area contributed by atoms with Crippen molar-refractivity contribution in [2.45, 2.75) is 52.9 Å². The van der Waals surface area contributed by atoms with Gasteiger partial charge < -0.3 is 10.6 Å². The normalized spacial score (nSPS) is 16.1. The summed E-state index contributed by atoms with van der Waals surface area (Å²) < 4.78 is 0. The van der Waals surface area contributed by atoms with Gasteiger partial charge in [0, 0.05) is 17.8 Å². The van der Waals surface area contributed by atoms with E-state index in [1.54, 1.807) is 0 Å². The Bertz CT molecular complexity index is 931. The SMILES string of the molecule is C=C(C)/C(C(=C)c1ccc(CCc2ccccc2)cc1)=C(/C)NCC[C@H](C)C1CCNCC1. The Balaban J connectivity index is 1.58. The molecule has 2 aromatic carbocycles. The molecule has 0 amide bonds. The molecule has 0 saturated carbocycles. The van der Waals surface area contributed by atoms with Gasteiger partial charge in [0.15, 0.2) is 0 Å². The molecule has 2 N–H and O–H groups in total. The highest BCUT2D eigenvalue weighted by atomic mass is 14.9. The van der Waals surface area contributed by atoms with E-state index in [-0.39, 0.29) is 0 Å². The van der Waals surface area contributed by atoms with Crippen LogP contribution in [-0.4, -0.2) is 19.6 Å². The second-order valence-corrected chi connectivity index (χ2v) is 9.72. The summed E-state index contributed by atoms with van der Waals surface area (Å²) in [6, 6.07) is 19.6. The van der Waals surface area contributed by atoms with Crippen LogP contribution in [0.2, 0.25) is 0 Å². The highest BCUT2D eigenvalue weighted by Gasteiger charge is 2.19. The van der Waals surface area contributed by atoms with Gasteiger partial charge in [-0.25, -0.2) is 0 Å². The average molecular weight is 443 g/mol. The molecule has 2 heteroatoms. The van der Waals surface area contributed by atoms with Crippen LogP contribution in [0.25, 0.3) is 5.57 Å². The third kappa shape index (κ3) is 7.47. The molecule has 33 heavy (non-hydrogen) atoms. The fourth-order valence-corrected chi connectivity index (χ4v) is 4.98. The third-order valence-corrected chi connectivity index (χ3v) is 7.13. The number of hydrogen-bond donors (Lipinski definition) is 2. The van der Waals surface area contributed by atoms with Gasteiger partial charge in [0.2, 0.25) is 0 Å². The fourth-order valence-electron chi connectivity index (χ4n) is 4.98. The number of piperidine rings is 1. The van der Waals surface area contributed by atoms with Gasteiger partial charge >= 0.3 is 0 Å². The molecule has 0 bridgehead atoms. The van der Waals surface area contributed by atoms with E-state index >= 15 is 0 Å². The topological polar surface area (TPSA) is 24.1 Å². The van der Waals surface area contributed by atoms with E-state index in [4.69, 9.17) is 0 Å². The predicted octanol–water partition coefficient (Wildman–Crippen LogP) is 6.95. The molecule has 3 rings (SSSR count). The van der Waals surface area contributed by atoms with Crippen molar-refractivity contribution in [2.75, 3.05) is 19.6 Å². The predicted molar refractivity (Wildman–Crippen MR) is 144 cm³/mol. The van der Waals surface area contributed by atoms with E-state index in [0.29, 0.717) is 0 Å². The molecular weight excluding hydrogens is 400 g/mol. The average Bonchev–Trinajstić information content (AvgIpc) is 2.84. The number of aryl methyl sites for hydroxylation is 2. The zero-order chi connectivity index (χ0) is 23.6. The maximum Gasteiger partial charge on any atom is 0.0157 e. The second-order valence-electron chi connectivity index (χ2n) is 9.72. The summed E-state index contributed by atoms with van der Waals surface area (Å²) >= 11 is 0. The van der Waals surface area contributed by atoms with Crippen molar-refractivity contribution in [1.29, 1.82) is 0 Å². The van der Waals surface area contributed by atoms with Crippen LogP contribution < -0.4 is 10.6 Å². The van der Waals surface area contributed by atoms with Gasteiger partial charge in [-0.1, -0.05) is 74.7 Å². The van der Waals surface area contributed by atoms with Gasteiger partial charge in [-0.15, -0.1) is 0 Å². The Labute approximate surface area is 201 Å². The molecule has 1 atom stereocenters. The fraction of sp³-hybridized carbons (Fsp3) is 0.419. The highest BCUT2D eigenvalue weighted by molar-refractivity contribution is 5.82. The summed E-state index contributed by atoms with van der Waals surface area (Å²) in [6.45, 7) is 18.7. The Hall–Kier alpha value is -2.58. The van der Waals surface area contributed by atoms with Crippen LogP contribution in [0, 0.1) is 11.8 Å². The summed E-state index contributed by atoms with van der Waals surface area (Å²) in [6.07, 6.45) is 5.94. The molecule has 0 spiro atoms. The largest absolute Gasteiger partial charge is 0.388 e. The molecule has 1 aliphatic rings. The Morgan fingerprint density at radius 1 is 0.939 bits per heavy atom. The lowest BCUT2D eigenvalue weighted by molar-refractivity contribution is 0.263. The van der Waals surface area contributed by atoms with E-state index in [1.807, 2.05) is 0 Å². The summed E-state index contributed by atoms with van der Waals surface area (Å²) in [5, 5.41) is 7.15. The van der Waals surface area contributed by atoms with Crippen LogP contribution in [0.5, 0.6) is 0 Å². The van der Waals surface area contributed by atoms with Crippen molar-refractivity contribution in [3.8, 4) is 0 Å². The molecule has 2 nitrogen and oxygen atoms in total. The summed E-state index contributed by atoms with van der Waals surface area (Å²) in [5.74, 6) is 1.61. The molecule has 1 saturated heterocycles. The number of nitrogens with one attached hydrogen (secondary N) is 2. The first-order valence-corrected chi connectivity index (χ1v) is 12.6. The molecule has 1 aliphatic heterocycles. The minimum absolute atomic E-state index is 0.757. The van der Waals surface area contributed by atoms with Gasteiger partial charge in [0.1, 0.15) is 0 Å². The van der Waals surface area contributed by atoms with E-state index in [0.717, 1.165) is 47.9 Å². The molecule has 0 unspecified atom stereocenters. The maximum absolute atomic E-state index is 4.44. The summed E-state index contributed by atoms with van der Waals surface area (Å²) in [5.41, 5.74) is 8.35. The first kappa shape index (κ1) is 25.1. The van der Waals surface area contributed by atoms with Crippen LogP contribution in [0.15, 0.2) is 84.6 Å². The molecule has 2 aromatic rings. The van der Waals surface area contributed by atoms with Crippen LogP contribution in [0.1, 0.15) is 56.7 Å². The minimum atomic E-state index is 0.757. The summed E-state index contributed by atoms with van der Waals surface area (Å²) in [7, 11) is 0. The molecule has 1 heterocycles. The first-order chi connectivity index (χ1) is 16.0. The van der Waals surface area contributed by atoms with Crippen molar-refractivity contribution >= 4 is 5.57 Å². The lowest BCUT2D eigenvalue weighted by atomic mass is 9.84. The lowest BCUT2D eigenvalue weighted by Gasteiger charge is -2.28. The van der Waals surface area contributed by atoms with Crippen molar-refractivity contribution in [3.63, 3.8) is 0 Å². The van der Waals surface area contributed by atoms with Crippen molar-refractivity contribution < 1.29 is 0 Å². The van der Waals surface area contributed by atoms with Crippen molar-refractivity contribution in [1.82, 2.24) is 10.6 Å². The van der Waals surface area contributed by atoms with Crippen LogP contribution in [0.4, 0.5) is 0 Å². The van der Waals surface area contributed by atoms with Crippen LogP contribution >= 0.6 is 0 Å². The number of hydrogen-bond acceptors (Lipinski definition) is 2. The lowest BCUT2D eigenvalue weighted by Crippen LogP contribution is -2.31. The van der Waals surface area contributed by atoms with E-state index in [1.165, 1.54) is 54.7 Å². The Morgan fingerprint density at radius 3 is 2.15 bits per heavy atom. The van der Waals surface area contributed by atoms with E-state index in [2.05, 4.69) is 99.2 Å². The minimum Gasteiger partial charge on any atom is -0.388 e. The standard InChI is InChI=1S/C31H42N2/c1-23(2)31(26(5)33-22-17-24(3)29-18-20-32-21-19-29)25(4)30-15-13-28(14-16-30)12-11-27-9-7-6-8-10-27/h6-10,13-16,24,29,32-33H,1,4,11-12,17-22H2,2-3,5H3/b31-26+/t24-/m0/s1. The zero-order valence-electron chi connectivity index (χ0n) is 20.9. The number of allylic oxidation sites excluding steroid dienone is 4. The second kappa shape index (κ2) is 12.6. The molecule has 176 valence electrons. The van der Waals surface area contributed by atoms with Gasteiger partial charge in [-0.2, -0.15) is 0 Å². The zero-order valence-corrected chi connectivity index (χ0v) is 20.9. The monoisotopic (exact) mass is 442 g/mol. The van der Waals surface area contributed by atoms with Gasteiger partial charge in [0.25, 0.3) is 0 Å². The Morgan fingerprint density at radius 2 is 1.55 bits per heavy atom.